The van der Waals surface area contributed by atoms with Gasteiger partial charge in [-0.1, -0.05) is 17.3 Å². The first-order valence-corrected chi connectivity index (χ1v) is 6.98. The van der Waals surface area contributed by atoms with Gasteiger partial charge in [-0.25, -0.2) is 4.79 Å². The summed E-state index contributed by atoms with van der Waals surface area (Å²) in [6.07, 6.45) is 0.132. The van der Waals surface area contributed by atoms with Gasteiger partial charge in [-0.05, 0) is 42.0 Å². The molecule has 23 heavy (non-hydrogen) atoms. The number of hydrogen-bond acceptors (Lipinski definition) is 4. The van der Waals surface area contributed by atoms with E-state index in [4.69, 9.17) is 20.0 Å². The van der Waals surface area contributed by atoms with Gasteiger partial charge < -0.3 is 9.47 Å². The third-order valence-electron chi connectivity index (χ3n) is 3.18. The van der Waals surface area contributed by atoms with Crippen LogP contribution < -0.4 is 20.4 Å². The van der Waals surface area contributed by atoms with Gasteiger partial charge >= 0.3 is 11.8 Å². The number of nitrogens with one attached hydrogen (secondary N) is 1. The van der Waals surface area contributed by atoms with Crippen molar-refractivity contribution in [1.29, 1.82) is 0 Å². The first kappa shape index (κ1) is 16.4. The largest absolute Gasteiger partial charge is 0.497 e. The Balaban J connectivity index is 1.93. The molecule has 6 nitrogen and oxygen atoms in total. The normalized spacial score (nSPS) is 11.0. The smallest absolute Gasteiger partial charge is 0.361 e. The lowest BCUT2D eigenvalue weighted by molar-refractivity contribution is -0.724. The highest BCUT2D eigenvalue weighted by Gasteiger charge is 2.09. The van der Waals surface area contributed by atoms with Crippen LogP contribution in [0.2, 0.25) is 0 Å². The van der Waals surface area contributed by atoms with Gasteiger partial charge in [-0.15, -0.1) is 0 Å². The van der Waals surface area contributed by atoms with E-state index in [9.17, 15) is 4.79 Å². The number of hydrogen-bond donors (Lipinski definition) is 2. The first-order chi connectivity index (χ1) is 11.1. The van der Waals surface area contributed by atoms with E-state index in [1.807, 2.05) is 0 Å². The number of carbonyl (C=O) groups excluding carboxylic acids is 1. The van der Waals surface area contributed by atoms with Crippen molar-refractivity contribution in [1.82, 2.24) is 0 Å². The van der Waals surface area contributed by atoms with Gasteiger partial charge in [0.25, 0.3) is 0 Å². The Kier molecular flexibility index (Phi) is 5.57. The third-order valence-corrected chi connectivity index (χ3v) is 3.18. The molecule has 0 unspecified atom stereocenters. The SMILES string of the molecule is COc1ccc(CC(=O)O[NH+]=C(N)c2ccc(OC)cc2)cc1. The second kappa shape index (κ2) is 7.84. The van der Waals surface area contributed by atoms with Crippen LogP contribution in [-0.4, -0.2) is 26.0 Å². The van der Waals surface area contributed by atoms with E-state index in [2.05, 4.69) is 5.16 Å². The Labute approximate surface area is 134 Å². The number of methoxy groups -OCH3 is 2. The van der Waals surface area contributed by atoms with Crippen molar-refractivity contribution >= 4 is 11.8 Å². The van der Waals surface area contributed by atoms with Crippen molar-refractivity contribution in [3.8, 4) is 11.5 Å². The maximum absolute atomic E-state index is 11.8. The maximum Gasteiger partial charge on any atom is 0.361 e. The van der Waals surface area contributed by atoms with Crippen molar-refractivity contribution in [3.63, 3.8) is 0 Å². The van der Waals surface area contributed by atoms with Crippen LogP contribution in [0, 0.1) is 0 Å². The van der Waals surface area contributed by atoms with Gasteiger partial charge in [0.15, 0.2) is 0 Å². The van der Waals surface area contributed by atoms with Crippen molar-refractivity contribution < 1.29 is 24.3 Å². The number of benzene rings is 2. The Morgan fingerprint density at radius 3 is 2.00 bits per heavy atom. The van der Waals surface area contributed by atoms with E-state index in [1.54, 1.807) is 62.8 Å². The lowest BCUT2D eigenvalue weighted by Crippen LogP contribution is -2.75. The van der Waals surface area contributed by atoms with Crippen LogP contribution in [-0.2, 0) is 16.1 Å². The van der Waals surface area contributed by atoms with Gasteiger partial charge in [0.2, 0.25) is 0 Å². The molecule has 6 heteroatoms. The summed E-state index contributed by atoms with van der Waals surface area (Å²) < 4.78 is 10.1. The highest BCUT2D eigenvalue weighted by Crippen LogP contribution is 2.12. The molecule has 2 aromatic rings. The summed E-state index contributed by atoms with van der Waals surface area (Å²) in [4.78, 5) is 16.8. The van der Waals surface area contributed by atoms with E-state index in [0.29, 0.717) is 5.56 Å². The molecule has 0 aromatic heterocycles. The molecule has 0 saturated heterocycles. The number of carbonyl (C=O) groups is 1. The molecule has 0 aliphatic rings. The van der Waals surface area contributed by atoms with Crippen molar-refractivity contribution in [2.24, 2.45) is 5.73 Å². The second-order valence-corrected chi connectivity index (χ2v) is 4.74. The number of nitrogens with two attached hydrogens (primary N) is 1. The van der Waals surface area contributed by atoms with Gasteiger partial charge in [-0.3, -0.25) is 10.6 Å². The molecule has 0 heterocycles. The fourth-order valence-electron chi connectivity index (χ4n) is 1.89. The molecule has 0 atom stereocenters. The second-order valence-electron chi connectivity index (χ2n) is 4.74. The van der Waals surface area contributed by atoms with Crippen LogP contribution in [0.4, 0.5) is 0 Å². The number of amidine groups is 1. The quantitative estimate of drug-likeness (QED) is 0.344. The zero-order chi connectivity index (χ0) is 16.7. The predicted molar refractivity (Wildman–Crippen MR) is 85.0 cm³/mol. The Morgan fingerprint density at radius 2 is 1.48 bits per heavy atom. The minimum Gasteiger partial charge on any atom is -0.497 e. The van der Waals surface area contributed by atoms with E-state index >= 15 is 0 Å². The Bertz CT molecular complexity index is 679. The number of nitrogen functional groups attached to an aromatic ring is 1. The first-order valence-electron chi connectivity index (χ1n) is 6.98. The fraction of sp³-hybridized carbons (Fsp3) is 0.176. The summed E-state index contributed by atoms with van der Waals surface area (Å²) >= 11 is 0. The minimum atomic E-state index is -0.438. The molecule has 0 bridgehead atoms. The molecule has 0 fully saturated rings. The van der Waals surface area contributed by atoms with Gasteiger partial charge in [0.1, 0.15) is 11.5 Å². The van der Waals surface area contributed by atoms with Crippen molar-refractivity contribution in [3.05, 3.63) is 59.7 Å². The molecule has 2 aromatic carbocycles. The Hall–Kier alpha value is -3.02. The number of rotatable bonds is 6. The molecule has 0 spiro atoms. The van der Waals surface area contributed by atoms with Gasteiger partial charge in [0.05, 0.1) is 26.2 Å². The summed E-state index contributed by atoms with van der Waals surface area (Å²) in [7, 11) is 3.17. The third kappa shape index (κ3) is 4.74. The summed E-state index contributed by atoms with van der Waals surface area (Å²) in [5, 5.41) is 2.46. The average Bonchev–Trinajstić information content (AvgIpc) is 2.60. The van der Waals surface area contributed by atoms with E-state index in [-0.39, 0.29) is 12.3 Å². The monoisotopic (exact) mass is 315 g/mol. The van der Waals surface area contributed by atoms with E-state index in [0.717, 1.165) is 17.1 Å². The topological polar surface area (TPSA) is 84.8 Å². The lowest BCUT2D eigenvalue weighted by atomic mass is 10.1. The predicted octanol–water partition coefficient (Wildman–Crippen LogP) is 0.191. The number of ether oxygens (including phenoxy) is 2. The lowest BCUT2D eigenvalue weighted by Gasteiger charge is -2.02. The van der Waals surface area contributed by atoms with Gasteiger partial charge in [-0.2, -0.15) is 0 Å². The standard InChI is InChI=1S/C17H18N2O4/c1-21-14-7-3-12(4-8-14)11-16(20)23-19-17(18)13-5-9-15(22-2)10-6-13/h3-10H,11H2,1-2H3,(H2,18,19)/p+1. The molecule has 120 valence electrons. The van der Waals surface area contributed by atoms with Crippen LogP contribution in [0.5, 0.6) is 11.5 Å². The molecule has 0 saturated carbocycles. The molecular weight excluding hydrogens is 296 g/mol. The molecule has 0 aliphatic heterocycles. The van der Waals surface area contributed by atoms with Crippen molar-refractivity contribution in [2.75, 3.05) is 14.2 Å². The molecule has 0 aliphatic carbocycles. The van der Waals surface area contributed by atoms with Crippen LogP contribution in [0.25, 0.3) is 0 Å². The summed E-state index contributed by atoms with van der Waals surface area (Å²) in [5.74, 6) is 1.26. The van der Waals surface area contributed by atoms with Crippen molar-refractivity contribution in [2.45, 2.75) is 6.42 Å². The van der Waals surface area contributed by atoms with E-state index < -0.39 is 5.97 Å². The van der Waals surface area contributed by atoms with Crippen LogP contribution in [0.1, 0.15) is 11.1 Å². The highest BCUT2D eigenvalue weighted by molar-refractivity contribution is 5.93. The summed E-state index contributed by atoms with van der Waals surface area (Å²) in [6, 6.07) is 14.2. The summed E-state index contributed by atoms with van der Waals surface area (Å²) in [5.41, 5.74) is 7.35. The zero-order valence-corrected chi connectivity index (χ0v) is 13.0. The summed E-state index contributed by atoms with van der Waals surface area (Å²) in [6.45, 7) is 0. The fourth-order valence-corrected chi connectivity index (χ4v) is 1.89. The average molecular weight is 315 g/mol. The molecule has 0 amide bonds. The minimum absolute atomic E-state index is 0.132. The molecule has 3 N–H and O–H groups in total. The van der Waals surface area contributed by atoms with E-state index in [1.165, 1.54) is 0 Å². The molecular formula is C17H19N2O4+. The molecule has 2 rings (SSSR count). The van der Waals surface area contributed by atoms with Crippen LogP contribution in [0.15, 0.2) is 48.5 Å². The van der Waals surface area contributed by atoms with Crippen LogP contribution in [0.3, 0.4) is 0 Å². The van der Waals surface area contributed by atoms with Crippen LogP contribution >= 0.6 is 0 Å². The zero-order valence-electron chi connectivity index (χ0n) is 13.0. The van der Waals surface area contributed by atoms with Gasteiger partial charge in [0, 0.05) is 0 Å². The maximum atomic E-state index is 11.8. The highest BCUT2D eigenvalue weighted by atomic mass is 16.7. The molecule has 0 radical (unpaired) electrons. The Morgan fingerprint density at radius 1 is 0.957 bits per heavy atom.